The zero-order chi connectivity index (χ0) is 9.45. The maximum absolute atomic E-state index is 9.94. The summed E-state index contributed by atoms with van der Waals surface area (Å²) in [6, 6.07) is 0. The molecule has 0 spiro atoms. The van der Waals surface area contributed by atoms with Crippen LogP contribution in [0.5, 0.6) is 0 Å². The first-order valence-corrected chi connectivity index (χ1v) is 5.50. The van der Waals surface area contributed by atoms with Crippen LogP contribution in [0.3, 0.4) is 0 Å². The second kappa shape index (κ2) is 11.9. The van der Waals surface area contributed by atoms with Crippen molar-refractivity contribution in [1.82, 2.24) is 0 Å². The molecule has 5 nitrogen and oxygen atoms in total. The topological polar surface area (TPSA) is 97.9 Å². The summed E-state index contributed by atoms with van der Waals surface area (Å²) in [4.78, 5) is 0. The monoisotopic (exact) mass is 236 g/mol. The Balaban J connectivity index is -0.000000605. The molecule has 0 aromatic carbocycles. The Morgan fingerprint density at radius 2 is 1.64 bits per heavy atom. The van der Waals surface area contributed by atoms with E-state index in [4.69, 9.17) is 0 Å². The fourth-order valence-corrected chi connectivity index (χ4v) is 1.19. The van der Waals surface area contributed by atoms with Gasteiger partial charge in [0.25, 0.3) is 0 Å². The van der Waals surface area contributed by atoms with Gasteiger partial charge in [0.1, 0.15) is 0 Å². The minimum absolute atomic E-state index is 0. The van der Waals surface area contributed by atoms with Gasteiger partial charge >= 0.3 is 29.6 Å². The summed E-state index contributed by atoms with van der Waals surface area (Å²) in [6.45, 7) is 2.12. The van der Waals surface area contributed by atoms with Crippen molar-refractivity contribution in [2.75, 3.05) is 6.61 Å². The van der Waals surface area contributed by atoms with Crippen molar-refractivity contribution >= 4 is 10.4 Å². The van der Waals surface area contributed by atoms with Crippen molar-refractivity contribution in [3.8, 4) is 0 Å². The molecule has 0 radical (unpaired) electrons. The van der Waals surface area contributed by atoms with Crippen molar-refractivity contribution in [2.45, 2.75) is 39.0 Å². The third kappa shape index (κ3) is 18.6. The normalized spacial score (nSPS) is 10.1. The Kier molecular flexibility index (Phi) is 17.2. The van der Waals surface area contributed by atoms with Crippen molar-refractivity contribution in [3.63, 3.8) is 0 Å². The van der Waals surface area contributed by atoms with E-state index in [2.05, 4.69) is 11.1 Å². The summed E-state index contributed by atoms with van der Waals surface area (Å²) in [7, 11) is -4.47. The Bertz CT molecular complexity index is 192. The Hall–Kier alpha value is 0.830. The van der Waals surface area contributed by atoms with E-state index in [1.807, 2.05) is 0 Å². The molecule has 0 aromatic rings. The van der Waals surface area contributed by atoms with Crippen LogP contribution in [0.4, 0.5) is 0 Å². The van der Waals surface area contributed by atoms with E-state index in [-0.39, 0.29) is 41.6 Å². The van der Waals surface area contributed by atoms with Gasteiger partial charge in [-0.25, -0.2) is 8.42 Å². The molecule has 0 aliphatic heterocycles. The van der Waals surface area contributed by atoms with Gasteiger partial charge in [-0.05, 0) is 6.42 Å². The minimum Gasteiger partial charge on any atom is -0.726 e. The first-order valence-electron chi connectivity index (χ1n) is 4.16. The maximum Gasteiger partial charge on any atom is 1.00 e. The number of rotatable bonds is 7. The van der Waals surface area contributed by atoms with Crippen LogP contribution in [0, 0.1) is 0 Å². The smallest absolute Gasteiger partial charge is 0.726 e. The van der Waals surface area contributed by atoms with Crippen molar-refractivity contribution in [2.24, 2.45) is 0 Å². The van der Waals surface area contributed by atoms with Crippen LogP contribution in [0.2, 0.25) is 0 Å². The molecule has 0 fully saturated rings. The van der Waals surface area contributed by atoms with Gasteiger partial charge < -0.3 is 10.0 Å². The molecule has 82 valence electrons. The predicted molar refractivity (Wildman–Crippen MR) is 48.0 cm³/mol. The number of hydrogen-bond donors (Lipinski definition) is 0. The molecule has 0 aromatic heterocycles. The van der Waals surface area contributed by atoms with E-state index in [9.17, 15) is 13.0 Å². The molecule has 0 aliphatic rings. The van der Waals surface area contributed by atoms with E-state index < -0.39 is 10.4 Å². The van der Waals surface area contributed by atoms with Crippen LogP contribution in [0.25, 0.3) is 0 Å². The average molecular weight is 236 g/mol. The van der Waals surface area contributed by atoms with Crippen LogP contribution >= 0.6 is 0 Å². The summed E-state index contributed by atoms with van der Waals surface area (Å²) < 4.78 is 33.9. The van der Waals surface area contributed by atoms with Gasteiger partial charge in [0, 0.05) is 0 Å². The summed E-state index contributed by atoms with van der Waals surface area (Å²) in [5, 5.41) is 0. The first-order chi connectivity index (χ1) is 5.56. The molecule has 0 saturated carbocycles. The van der Waals surface area contributed by atoms with Gasteiger partial charge in [-0.15, -0.1) is 0 Å². The van der Waals surface area contributed by atoms with Crippen LogP contribution in [-0.2, 0) is 14.6 Å². The van der Waals surface area contributed by atoms with Gasteiger partial charge in [-0.3, -0.25) is 4.18 Å². The predicted octanol–water partition coefficient (Wildman–Crippen LogP) is -2.39. The first kappa shape index (κ1) is 20.3. The van der Waals surface area contributed by atoms with Crippen molar-refractivity contribution in [1.29, 1.82) is 0 Å². The summed E-state index contributed by atoms with van der Waals surface area (Å²) in [6.07, 6.45) is 4.91. The average Bonchev–Trinajstić information content (AvgIpc) is 1.94. The van der Waals surface area contributed by atoms with E-state index in [0.717, 1.165) is 25.7 Å². The molecule has 0 rings (SSSR count). The van der Waals surface area contributed by atoms with E-state index in [1.54, 1.807) is 0 Å². The van der Waals surface area contributed by atoms with Gasteiger partial charge in [-0.2, -0.15) is 0 Å². The molecule has 14 heavy (non-hydrogen) atoms. The Morgan fingerprint density at radius 1 is 1.14 bits per heavy atom. The van der Waals surface area contributed by atoms with Gasteiger partial charge in [0.2, 0.25) is 10.4 Å². The maximum atomic E-state index is 9.94. The Labute approximate surface area is 108 Å². The molecule has 0 saturated heterocycles. The van der Waals surface area contributed by atoms with Gasteiger partial charge in [0.05, 0.1) is 6.61 Å². The minimum atomic E-state index is -4.47. The third-order valence-electron chi connectivity index (χ3n) is 1.48. The zero-order valence-electron chi connectivity index (χ0n) is 8.78. The standard InChI is InChI=1S/C7H16O4S.Na.H2O/c1-2-3-4-5-6-7-11-12(8,9)10;;/h2-7H2,1H3,(H,8,9,10);;1H2/q;+1;/p-1. The molecule has 0 atom stereocenters. The molecule has 0 aliphatic carbocycles. The summed E-state index contributed by atoms with van der Waals surface area (Å²) >= 11 is 0. The van der Waals surface area contributed by atoms with E-state index >= 15 is 0 Å². The second-order valence-electron chi connectivity index (χ2n) is 2.64. The molecule has 0 bridgehead atoms. The molecule has 0 heterocycles. The van der Waals surface area contributed by atoms with Crippen LogP contribution < -0.4 is 29.6 Å². The quantitative estimate of drug-likeness (QED) is 0.213. The third-order valence-corrected chi connectivity index (χ3v) is 1.93. The molecule has 7 heteroatoms. The molecular weight excluding hydrogens is 219 g/mol. The van der Waals surface area contributed by atoms with E-state index in [0.29, 0.717) is 6.42 Å². The zero-order valence-corrected chi connectivity index (χ0v) is 11.6. The largest absolute Gasteiger partial charge is 1.00 e. The summed E-state index contributed by atoms with van der Waals surface area (Å²) in [5.74, 6) is 0. The SMILES string of the molecule is CCCCCCCOS(=O)(=O)[O-].O.[Na+]. The molecular formula is C7H17NaO5S. The van der Waals surface area contributed by atoms with Crippen LogP contribution in [-0.4, -0.2) is 25.1 Å². The van der Waals surface area contributed by atoms with Gasteiger partial charge in [0.15, 0.2) is 0 Å². The van der Waals surface area contributed by atoms with Crippen molar-refractivity contribution in [3.05, 3.63) is 0 Å². The Morgan fingerprint density at radius 3 is 2.07 bits per heavy atom. The fraction of sp³-hybridized carbons (Fsp3) is 1.00. The molecule has 0 amide bonds. The van der Waals surface area contributed by atoms with E-state index in [1.165, 1.54) is 0 Å². The van der Waals surface area contributed by atoms with Crippen molar-refractivity contribution < 1.29 is 52.2 Å². The number of unbranched alkanes of at least 4 members (excludes halogenated alkanes) is 4. The molecule has 0 unspecified atom stereocenters. The summed E-state index contributed by atoms with van der Waals surface area (Å²) in [5.41, 5.74) is 0. The van der Waals surface area contributed by atoms with Crippen LogP contribution in [0.1, 0.15) is 39.0 Å². The number of hydrogen-bond acceptors (Lipinski definition) is 4. The second-order valence-corrected chi connectivity index (χ2v) is 3.70. The fourth-order valence-electron chi connectivity index (χ4n) is 0.867. The van der Waals surface area contributed by atoms with Crippen LogP contribution in [0.15, 0.2) is 0 Å². The molecule has 2 N–H and O–H groups in total. The van der Waals surface area contributed by atoms with Gasteiger partial charge in [-0.1, -0.05) is 32.6 Å².